The molecule has 3 nitrogen and oxygen atoms in total. The highest BCUT2D eigenvalue weighted by molar-refractivity contribution is 7.15. The first kappa shape index (κ1) is 12.0. The summed E-state index contributed by atoms with van der Waals surface area (Å²) in [5.74, 6) is -0.256. The molecule has 0 fully saturated rings. The van der Waals surface area contributed by atoms with Gasteiger partial charge in [-0.2, -0.15) is 0 Å². The molecular weight excluding hydrogens is 239 g/mol. The Hall–Kier alpha value is -1.46. The standard InChI is InChI=1S/C12H13FN2OS/c1-8-11(7-16)17-12(14-8)15(2)10-5-3-9(13)4-6-10/h3-6,16H,7H2,1-2H3. The number of aromatic nitrogens is 1. The van der Waals surface area contributed by atoms with Gasteiger partial charge < -0.3 is 10.0 Å². The van der Waals surface area contributed by atoms with E-state index < -0.39 is 0 Å². The van der Waals surface area contributed by atoms with E-state index in [1.54, 1.807) is 12.1 Å². The maximum Gasteiger partial charge on any atom is 0.190 e. The Morgan fingerprint density at radius 2 is 2.00 bits per heavy atom. The lowest BCUT2D eigenvalue weighted by molar-refractivity contribution is 0.284. The summed E-state index contributed by atoms with van der Waals surface area (Å²) in [7, 11) is 1.87. The van der Waals surface area contributed by atoms with E-state index in [0.717, 1.165) is 21.4 Å². The molecule has 1 N–H and O–H groups in total. The third-order valence-electron chi connectivity index (χ3n) is 2.53. The van der Waals surface area contributed by atoms with Crippen molar-refractivity contribution >= 4 is 22.2 Å². The molecule has 0 aliphatic carbocycles. The van der Waals surface area contributed by atoms with Crippen LogP contribution < -0.4 is 4.90 Å². The Balaban J connectivity index is 2.29. The van der Waals surface area contributed by atoms with Gasteiger partial charge in [-0.3, -0.25) is 0 Å². The first-order chi connectivity index (χ1) is 8.11. The molecule has 0 radical (unpaired) electrons. The quantitative estimate of drug-likeness (QED) is 0.912. The van der Waals surface area contributed by atoms with E-state index >= 15 is 0 Å². The highest BCUT2D eigenvalue weighted by Crippen LogP contribution is 2.30. The van der Waals surface area contributed by atoms with Crippen LogP contribution in [0, 0.1) is 12.7 Å². The molecule has 0 amide bonds. The number of benzene rings is 1. The van der Waals surface area contributed by atoms with Crippen LogP contribution in [-0.4, -0.2) is 17.1 Å². The number of aliphatic hydroxyl groups excluding tert-OH is 1. The van der Waals surface area contributed by atoms with E-state index in [0.29, 0.717) is 0 Å². The molecular formula is C12H13FN2OS. The number of anilines is 2. The molecule has 0 bridgehead atoms. The average Bonchev–Trinajstić information content (AvgIpc) is 2.70. The minimum Gasteiger partial charge on any atom is -0.391 e. The minimum absolute atomic E-state index is 0.000752. The molecule has 0 saturated carbocycles. The maximum absolute atomic E-state index is 12.8. The van der Waals surface area contributed by atoms with Gasteiger partial charge >= 0.3 is 0 Å². The third kappa shape index (κ3) is 2.45. The molecule has 0 spiro atoms. The zero-order valence-corrected chi connectivity index (χ0v) is 10.5. The van der Waals surface area contributed by atoms with E-state index in [4.69, 9.17) is 5.11 Å². The molecule has 1 aromatic heterocycles. The first-order valence-corrected chi connectivity index (χ1v) is 6.00. The summed E-state index contributed by atoms with van der Waals surface area (Å²) in [6.07, 6.45) is 0. The Bertz CT molecular complexity index is 510. The fourth-order valence-corrected chi connectivity index (χ4v) is 2.38. The Morgan fingerprint density at radius 3 is 2.53 bits per heavy atom. The summed E-state index contributed by atoms with van der Waals surface area (Å²) in [4.78, 5) is 7.10. The second kappa shape index (κ2) is 4.81. The normalized spacial score (nSPS) is 10.6. The summed E-state index contributed by atoms with van der Waals surface area (Å²) < 4.78 is 12.8. The number of aryl methyl sites for hydroxylation is 1. The number of thiazole rings is 1. The Labute approximate surface area is 103 Å². The molecule has 0 aliphatic heterocycles. The van der Waals surface area contributed by atoms with Crippen molar-refractivity contribution in [3.8, 4) is 0 Å². The highest BCUT2D eigenvalue weighted by Gasteiger charge is 2.11. The van der Waals surface area contributed by atoms with Crippen LogP contribution in [0.1, 0.15) is 10.6 Å². The number of nitrogens with zero attached hydrogens (tertiary/aromatic N) is 2. The SMILES string of the molecule is Cc1nc(N(C)c2ccc(F)cc2)sc1CO. The van der Waals surface area contributed by atoms with Crippen molar-refractivity contribution in [3.63, 3.8) is 0 Å². The molecule has 5 heteroatoms. The molecule has 0 aliphatic rings. The van der Waals surface area contributed by atoms with Gasteiger partial charge in [0.1, 0.15) is 5.82 Å². The van der Waals surface area contributed by atoms with Crippen LogP contribution in [-0.2, 0) is 6.61 Å². The fourth-order valence-electron chi connectivity index (χ4n) is 1.48. The largest absolute Gasteiger partial charge is 0.391 e. The van der Waals surface area contributed by atoms with Crippen molar-refractivity contribution in [1.82, 2.24) is 4.98 Å². The van der Waals surface area contributed by atoms with Crippen molar-refractivity contribution in [1.29, 1.82) is 0 Å². The summed E-state index contributed by atoms with van der Waals surface area (Å²) in [5, 5.41) is 9.91. The number of aliphatic hydroxyl groups is 1. The third-order valence-corrected chi connectivity index (χ3v) is 3.74. The summed E-state index contributed by atoms with van der Waals surface area (Å²) >= 11 is 1.44. The van der Waals surface area contributed by atoms with E-state index in [1.807, 2.05) is 18.9 Å². The average molecular weight is 252 g/mol. The Morgan fingerprint density at radius 1 is 1.35 bits per heavy atom. The Kier molecular flexibility index (Phi) is 3.40. The van der Waals surface area contributed by atoms with Gasteiger partial charge in [-0.15, -0.1) is 0 Å². The molecule has 2 aromatic rings. The van der Waals surface area contributed by atoms with Gasteiger partial charge in [-0.1, -0.05) is 11.3 Å². The second-order valence-corrected chi connectivity index (χ2v) is 4.76. The van der Waals surface area contributed by atoms with Gasteiger partial charge in [0.25, 0.3) is 0 Å². The van der Waals surface area contributed by atoms with Gasteiger partial charge in [-0.25, -0.2) is 9.37 Å². The monoisotopic (exact) mass is 252 g/mol. The molecule has 2 rings (SSSR count). The van der Waals surface area contributed by atoms with Crippen LogP contribution in [0.3, 0.4) is 0 Å². The van der Waals surface area contributed by atoms with Crippen LogP contribution >= 0.6 is 11.3 Å². The molecule has 0 saturated heterocycles. The molecule has 17 heavy (non-hydrogen) atoms. The predicted octanol–water partition coefficient (Wildman–Crippen LogP) is 2.85. The van der Waals surface area contributed by atoms with Crippen LogP contribution in [0.15, 0.2) is 24.3 Å². The van der Waals surface area contributed by atoms with Gasteiger partial charge in [0.2, 0.25) is 0 Å². The minimum atomic E-state index is -0.256. The van der Waals surface area contributed by atoms with Gasteiger partial charge in [-0.05, 0) is 31.2 Å². The number of hydrogen-bond acceptors (Lipinski definition) is 4. The number of halogens is 1. The predicted molar refractivity (Wildman–Crippen MR) is 67.2 cm³/mol. The number of hydrogen-bond donors (Lipinski definition) is 1. The lowest BCUT2D eigenvalue weighted by Gasteiger charge is -2.15. The molecule has 1 heterocycles. The lowest BCUT2D eigenvalue weighted by atomic mass is 10.3. The van der Waals surface area contributed by atoms with E-state index in [-0.39, 0.29) is 12.4 Å². The summed E-state index contributed by atoms with van der Waals surface area (Å²) in [5.41, 5.74) is 1.70. The maximum atomic E-state index is 12.8. The highest BCUT2D eigenvalue weighted by atomic mass is 32.1. The van der Waals surface area contributed by atoms with E-state index in [1.165, 1.54) is 23.5 Å². The number of rotatable bonds is 3. The summed E-state index contributed by atoms with van der Waals surface area (Å²) in [6.45, 7) is 1.87. The molecule has 1 aromatic carbocycles. The topological polar surface area (TPSA) is 36.4 Å². The van der Waals surface area contributed by atoms with Crippen LogP contribution in [0.2, 0.25) is 0 Å². The first-order valence-electron chi connectivity index (χ1n) is 5.18. The van der Waals surface area contributed by atoms with Gasteiger partial charge in [0.15, 0.2) is 5.13 Å². The van der Waals surface area contributed by atoms with Crippen molar-refractivity contribution in [2.24, 2.45) is 0 Å². The van der Waals surface area contributed by atoms with Crippen LogP contribution in [0.4, 0.5) is 15.2 Å². The summed E-state index contributed by atoms with van der Waals surface area (Å²) in [6, 6.07) is 6.23. The zero-order valence-electron chi connectivity index (χ0n) is 9.64. The van der Waals surface area contributed by atoms with Crippen molar-refractivity contribution in [3.05, 3.63) is 40.7 Å². The van der Waals surface area contributed by atoms with Crippen LogP contribution in [0.5, 0.6) is 0 Å². The molecule has 0 unspecified atom stereocenters. The zero-order chi connectivity index (χ0) is 12.4. The van der Waals surface area contributed by atoms with E-state index in [2.05, 4.69) is 4.98 Å². The van der Waals surface area contributed by atoms with Gasteiger partial charge in [0, 0.05) is 12.7 Å². The van der Waals surface area contributed by atoms with Crippen molar-refractivity contribution in [2.45, 2.75) is 13.5 Å². The van der Waals surface area contributed by atoms with Crippen molar-refractivity contribution in [2.75, 3.05) is 11.9 Å². The smallest absolute Gasteiger partial charge is 0.190 e. The van der Waals surface area contributed by atoms with Crippen molar-refractivity contribution < 1.29 is 9.50 Å². The van der Waals surface area contributed by atoms with Gasteiger partial charge in [0.05, 0.1) is 17.2 Å². The lowest BCUT2D eigenvalue weighted by Crippen LogP contribution is -2.08. The van der Waals surface area contributed by atoms with Crippen LogP contribution in [0.25, 0.3) is 0 Å². The van der Waals surface area contributed by atoms with E-state index in [9.17, 15) is 4.39 Å². The second-order valence-electron chi connectivity index (χ2n) is 3.70. The molecule has 0 atom stereocenters. The molecule has 90 valence electrons. The fraction of sp³-hybridized carbons (Fsp3) is 0.250.